The van der Waals surface area contributed by atoms with Crippen molar-refractivity contribution < 1.29 is 0 Å². The van der Waals surface area contributed by atoms with Crippen LogP contribution in [-0.2, 0) is 0 Å². The average molecular weight is 267 g/mol. The molecule has 1 atom stereocenters. The zero-order valence-corrected chi connectivity index (χ0v) is 13.2. The molecule has 2 aliphatic heterocycles. The van der Waals surface area contributed by atoms with Crippen molar-refractivity contribution in [1.29, 1.82) is 0 Å². The van der Waals surface area contributed by atoms with Gasteiger partial charge in [-0.15, -0.1) is 0 Å². The Kier molecular flexibility index (Phi) is 6.11. The fraction of sp³-hybridized carbons (Fsp3) is 1.00. The van der Waals surface area contributed by atoms with E-state index in [4.69, 9.17) is 0 Å². The molecular weight excluding hydrogens is 234 g/mol. The third kappa shape index (κ3) is 5.05. The van der Waals surface area contributed by atoms with Crippen LogP contribution >= 0.6 is 0 Å². The second-order valence-electron chi connectivity index (χ2n) is 6.83. The summed E-state index contributed by atoms with van der Waals surface area (Å²) >= 11 is 0. The molecule has 0 radical (unpaired) electrons. The van der Waals surface area contributed by atoms with Gasteiger partial charge in [-0.25, -0.2) is 0 Å². The van der Waals surface area contributed by atoms with Gasteiger partial charge in [0.25, 0.3) is 0 Å². The molecule has 2 aliphatic rings. The lowest BCUT2D eigenvalue weighted by Crippen LogP contribution is -2.50. The maximum atomic E-state index is 3.86. The molecule has 2 rings (SSSR count). The summed E-state index contributed by atoms with van der Waals surface area (Å²) in [5, 5.41) is 3.86. The third-order valence-corrected chi connectivity index (χ3v) is 4.76. The predicted molar refractivity (Wildman–Crippen MR) is 82.6 cm³/mol. The lowest BCUT2D eigenvalue weighted by molar-refractivity contribution is 0.148. The van der Waals surface area contributed by atoms with Crippen LogP contribution in [0.2, 0.25) is 0 Å². The minimum atomic E-state index is 0.647. The fourth-order valence-electron chi connectivity index (χ4n) is 3.57. The molecule has 0 aromatic carbocycles. The number of piperidine rings is 2. The first kappa shape index (κ1) is 15.3. The lowest BCUT2D eigenvalue weighted by atomic mass is 10.0. The van der Waals surface area contributed by atoms with Crippen LogP contribution in [0.25, 0.3) is 0 Å². The van der Waals surface area contributed by atoms with E-state index < -0.39 is 0 Å². The minimum absolute atomic E-state index is 0.647. The van der Waals surface area contributed by atoms with Crippen LogP contribution in [0.5, 0.6) is 0 Å². The van der Waals surface area contributed by atoms with Crippen LogP contribution < -0.4 is 5.32 Å². The Morgan fingerprint density at radius 3 is 2.16 bits per heavy atom. The highest BCUT2D eigenvalue weighted by Gasteiger charge is 2.22. The molecule has 1 unspecified atom stereocenters. The summed E-state index contributed by atoms with van der Waals surface area (Å²) < 4.78 is 0. The highest BCUT2D eigenvalue weighted by molar-refractivity contribution is 4.82. The normalized spacial score (nSPS) is 25.9. The number of hydrogen-bond donors (Lipinski definition) is 1. The molecule has 0 spiro atoms. The summed E-state index contributed by atoms with van der Waals surface area (Å²) in [4.78, 5) is 5.25. The van der Waals surface area contributed by atoms with Gasteiger partial charge in [-0.2, -0.15) is 0 Å². The van der Waals surface area contributed by atoms with Crippen LogP contribution in [-0.4, -0.2) is 60.6 Å². The molecule has 112 valence electrons. The molecule has 2 fully saturated rings. The van der Waals surface area contributed by atoms with Gasteiger partial charge in [0.1, 0.15) is 0 Å². The second kappa shape index (κ2) is 7.61. The number of likely N-dealkylation sites (tertiary alicyclic amines) is 2. The summed E-state index contributed by atoms with van der Waals surface area (Å²) in [6.07, 6.45) is 6.88. The van der Waals surface area contributed by atoms with Crippen LogP contribution in [0.1, 0.15) is 52.9 Å². The zero-order valence-electron chi connectivity index (χ0n) is 13.2. The van der Waals surface area contributed by atoms with E-state index >= 15 is 0 Å². The molecule has 3 nitrogen and oxygen atoms in total. The molecular formula is C16H33N3. The van der Waals surface area contributed by atoms with Crippen molar-refractivity contribution in [3.63, 3.8) is 0 Å². The van der Waals surface area contributed by atoms with Crippen LogP contribution in [0.4, 0.5) is 0 Å². The minimum Gasteiger partial charge on any atom is -0.310 e. The average Bonchev–Trinajstić information content (AvgIpc) is 2.40. The SMILES string of the molecule is CC(CN1CCCCC1)NC1CCN(C(C)C)CC1. The Bertz CT molecular complexity index is 240. The maximum Gasteiger partial charge on any atom is 0.0169 e. The Labute approximate surface area is 119 Å². The highest BCUT2D eigenvalue weighted by Crippen LogP contribution is 2.14. The van der Waals surface area contributed by atoms with Gasteiger partial charge in [-0.05, 0) is 72.6 Å². The number of rotatable bonds is 5. The summed E-state index contributed by atoms with van der Waals surface area (Å²) in [5.41, 5.74) is 0. The molecule has 0 aromatic rings. The topological polar surface area (TPSA) is 18.5 Å². The van der Waals surface area contributed by atoms with Crippen molar-refractivity contribution in [2.45, 2.75) is 71.0 Å². The molecule has 1 N–H and O–H groups in total. The predicted octanol–water partition coefficient (Wildman–Crippen LogP) is 2.32. The number of hydrogen-bond acceptors (Lipinski definition) is 3. The molecule has 0 saturated carbocycles. The van der Waals surface area contributed by atoms with Gasteiger partial charge in [0.2, 0.25) is 0 Å². The summed E-state index contributed by atoms with van der Waals surface area (Å²) in [6.45, 7) is 13.4. The van der Waals surface area contributed by atoms with Crippen molar-refractivity contribution in [3.05, 3.63) is 0 Å². The van der Waals surface area contributed by atoms with E-state index in [9.17, 15) is 0 Å². The van der Waals surface area contributed by atoms with E-state index in [0.29, 0.717) is 12.1 Å². The number of nitrogens with zero attached hydrogens (tertiary/aromatic N) is 2. The van der Waals surface area contributed by atoms with E-state index in [1.807, 2.05) is 0 Å². The Balaban J connectivity index is 1.64. The van der Waals surface area contributed by atoms with E-state index in [1.165, 1.54) is 64.8 Å². The zero-order chi connectivity index (χ0) is 13.7. The Morgan fingerprint density at radius 1 is 0.947 bits per heavy atom. The lowest BCUT2D eigenvalue weighted by Gasteiger charge is -2.37. The van der Waals surface area contributed by atoms with Crippen molar-refractivity contribution in [3.8, 4) is 0 Å². The van der Waals surface area contributed by atoms with Gasteiger partial charge < -0.3 is 15.1 Å². The smallest absolute Gasteiger partial charge is 0.0169 e. The molecule has 0 aliphatic carbocycles. The van der Waals surface area contributed by atoms with Crippen molar-refractivity contribution in [2.75, 3.05) is 32.7 Å². The molecule has 2 heterocycles. The first-order valence-electron chi connectivity index (χ1n) is 8.37. The molecule has 0 aromatic heterocycles. The molecule has 2 saturated heterocycles. The van der Waals surface area contributed by atoms with E-state index in [-0.39, 0.29) is 0 Å². The molecule has 0 amide bonds. The van der Waals surface area contributed by atoms with Crippen LogP contribution in [0.3, 0.4) is 0 Å². The van der Waals surface area contributed by atoms with E-state index in [2.05, 4.69) is 35.9 Å². The van der Waals surface area contributed by atoms with Crippen molar-refractivity contribution in [1.82, 2.24) is 15.1 Å². The highest BCUT2D eigenvalue weighted by atomic mass is 15.2. The van der Waals surface area contributed by atoms with Crippen LogP contribution in [0.15, 0.2) is 0 Å². The van der Waals surface area contributed by atoms with E-state index in [1.54, 1.807) is 0 Å². The summed E-state index contributed by atoms with van der Waals surface area (Å²) in [7, 11) is 0. The Hall–Kier alpha value is -0.120. The second-order valence-corrected chi connectivity index (χ2v) is 6.83. The first-order valence-corrected chi connectivity index (χ1v) is 8.37. The quantitative estimate of drug-likeness (QED) is 0.825. The third-order valence-electron chi connectivity index (χ3n) is 4.76. The van der Waals surface area contributed by atoms with Crippen molar-refractivity contribution in [2.24, 2.45) is 0 Å². The summed E-state index contributed by atoms with van der Waals surface area (Å²) in [5.74, 6) is 0. The van der Waals surface area contributed by atoms with Gasteiger partial charge in [-0.3, -0.25) is 0 Å². The standard InChI is InChI=1S/C16H33N3/c1-14(2)19-11-7-16(8-12-19)17-15(3)13-18-9-5-4-6-10-18/h14-17H,4-13H2,1-3H3. The number of nitrogens with one attached hydrogen (secondary N) is 1. The summed E-state index contributed by atoms with van der Waals surface area (Å²) in [6, 6.07) is 2.11. The van der Waals surface area contributed by atoms with E-state index in [0.717, 1.165) is 6.04 Å². The van der Waals surface area contributed by atoms with Crippen molar-refractivity contribution >= 4 is 0 Å². The van der Waals surface area contributed by atoms with Crippen LogP contribution in [0, 0.1) is 0 Å². The largest absolute Gasteiger partial charge is 0.310 e. The van der Waals surface area contributed by atoms with Gasteiger partial charge >= 0.3 is 0 Å². The van der Waals surface area contributed by atoms with Gasteiger partial charge in [0.15, 0.2) is 0 Å². The van der Waals surface area contributed by atoms with Gasteiger partial charge in [-0.1, -0.05) is 6.42 Å². The maximum absolute atomic E-state index is 3.86. The fourth-order valence-corrected chi connectivity index (χ4v) is 3.57. The van der Waals surface area contributed by atoms with Gasteiger partial charge in [0, 0.05) is 24.7 Å². The molecule has 0 bridgehead atoms. The van der Waals surface area contributed by atoms with Gasteiger partial charge in [0.05, 0.1) is 0 Å². The monoisotopic (exact) mass is 267 g/mol. The molecule has 19 heavy (non-hydrogen) atoms. The molecule has 3 heteroatoms. The first-order chi connectivity index (χ1) is 9.15. The Morgan fingerprint density at radius 2 is 1.58 bits per heavy atom.